The van der Waals surface area contributed by atoms with Gasteiger partial charge in [-0.05, 0) is 18.6 Å². The van der Waals surface area contributed by atoms with Crippen LogP contribution in [0, 0.1) is 5.92 Å². The molecule has 1 fully saturated rings. The van der Waals surface area contributed by atoms with Crippen molar-refractivity contribution in [3.05, 3.63) is 29.3 Å². The number of carboxylic acids is 1. The molecule has 7 heteroatoms. The summed E-state index contributed by atoms with van der Waals surface area (Å²) in [5, 5.41) is 11.7. The second-order valence-corrected chi connectivity index (χ2v) is 5.55. The van der Waals surface area contributed by atoms with Crippen molar-refractivity contribution in [1.82, 2.24) is 5.32 Å². The molecule has 1 atom stereocenters. The monoisotopic (exact) mass is 324 g/mol. The number of halogens is 1. The number of hydrogen-bond acceptors (Lipinski definition) is 3. The Bertz CT molecular complexity index is 591. The van der Waals surface area contributed by atoms with E-state index in [2.05, 4.69) is 5.32 Å². The highest BCUT2D eigenvalue weighted by Crippen LogP contribution is 2.30. The number of aliphatic carboxylic acids is 1. The fourth-order valence-electron chi connectivity index (χ4n) is 2.38. The van der Waals surface area contributed by atoms with Crippen LogP contribution < -0.4 is 10.2 Å². The van der Waals surface area contributed by atoms with Gasteiger partial charge in [0, 0.05) is 25.9 Å². The second kappa shape index (κ2) is 7.26. The summed E-state index contributed by atoms with van der Waals surface area (Å²) in [6, 6.07) is 7.00. The van der Waals surface area contributed by atoms with E-state index in [4.69, 9.17) is 16.7 Å². The molecule has 0 aromatic heterocycles. The molecule has 6 nitrogen and oxygen atoms in total. The maximum atomic E-state index is 12.1. The number of carbonyl (C=O) groups excluding carboxylic acids is 2. The number of hydrogen-bond donors (Lipinski definition) is 2. The van der Waals surface area contributed by atoms with Gasteiger partial charge >= 0.3 is 5.97 Å². The zero-order valence-electron chi connectivity index (χ0n) is 11.9. The van der Waals surface area contributed by atoms with Crippen LogP contribution in [0.1, 0.15) is 19.3 Å². The van der Waals surface area contributed by atoms with Gasteiger partial charge in [-0.2, -0.15) is 0 Å². The molecule has 1 aromatic rings. The van der Waals surface area contributed by atoms with Crippen molar-refractivity contribution in [3.8, 4) is 0 Å². The minimum atomic E-state index is -0.893. The molecule has 1 saturated heterocycles. The summed E-state index contributed by atoms with van der Waals surface area (Å²) in [6.07, 6.45) is 0.515. The van der Waals surface area contributed by atoms with E-state index in [0.29, 0.717) is 23.7 Å². The summed E-state index contributed by atoms with van der Waals surface area (Å²) >= 11 is 6.08. The van der Waals surface area contributed by atoms with Crippen LogP contribution >= 0.6 is 11.6 Å². The van der Waals surface area contributed by atoms with Gasteiger partial charge in [-0.1, -0.05) is 23.7 Å². The van der Waals surface area contributed by atoms with Crippen LogP contribution in [-0.4, -0.2) is 36.0 Å². The van der Waals surface area contributed by atoms with Crippen LogP contribution in [0.25, 0.3) is 0 Å². The molecule has 1 heterocycles. The number of carboxylic acid groups (broad SMARTS) is 1. The van der Waals surface area contributed by atoms with Crippen LogP contribution in [0.3, 0.4) is 0 Å². The van der Waals surface area contributed by atoms with Crippen LogP contribution in [0.2, 0.25) is 5.02 Å². The number of anilines is 1. The topological polar surface area (TPSA) is 86.7 Å². The lowest BCUT2D eigenvalue weighted by Gasteiger charge is -2.18. The number of nitrogens with zero attached hydrogens (tertiary/aromatic N) is 1. The summed E-state index contributed by atoms with van der Waals surface area (Å²) in [6.45, 7) is 0.579. The average molecular weight is 325 g/mol. The van der Waals surface area contributed by atoms with E-state index < -0.39 is 11.9 Å². The van der Waals surface area contributed by atoms with E-state index in [9.17, 15) is 14.4 Å². The first-order chi connectivity index (χ1) is 10.5. The van der Waals surface area contributed by atoms with Gasteiger partial charge in [-0.3, -0.25) is 14.4 Å². The number of nitrogens with one attached hydrogen (secondary N) is 1. The van der Waals surface area contributed by atoms with Crippen molar-refractivity contribution < 1.29 is 19.5 Å². The zero-order chi connectivity index (χ0) is 16.1. The van der Waals surface area contributed by atoms with E-state index in [1.54, 1.807) is 24.3 Å². The smallest absolute Gasteiger partial charge is 0.303 e. The number of carbonyl (C=O) groups is 3. The molecule has 0 spiro atoms. The van der Waals surface area contributed by atoms with Gasteiger partial charge in [-0.15, -0.1) is 0 Å². The van der Waals surface area contributed by atoms with E-state index in [-0.39, 0.29) is 31.2 Å². The summed E-state index contributed by atoms with van der Waals surface area (Å²) in [4.78, 5) is 36.0. The quantitative estimate of drug-likeness (QED) is 0.779. The number of para-hydroxylation sites is 1. The van der Waals surface area contributed by atoms with Crippen molar-refractivity contribution in [2.75, 3.05) is 18.0 Å². The number of amides is 2. The third-order valence-corrected chi connectivity index (χ3v) is 3.83. The summed E-state index contributed by atoms with van der Waals surface area (Å²) in [5.74, 6) is -1.70. The lowest BCUT2D eigenvalue weighted by molar-refractivity contribution is -0.137. The van der Waals surface area contributed by atoms with Crippen molar-refractivity contribution in [2.45, 2.75) is 19.3 Å². The first-order valence-electron chi connectivity index (χ1n) is 7.03. The molecule has 0 bridgehead atoms. The summed E-state index contributed by atoms with van der Waals surface area (Å²) in [5.41, 5.74) is 0.607. The minimum absolute atomic E-state index is 0.00955. The van der Waals surface area contributed by atoms with Gasteiger partial charge in [0.25, 0.3) is 0 Å². The molecule has 1 aromatic carbocycles. The Hall–Kier alpha value is -2.08. The normalized spacial score (nSPS) is 17.6. The highest BCUT2D eigenvalue weighted by Gasteiger charge is 2.35. The van der Waals surface area contributed by atoms with E-state index in [1.807, 2.05) is 0 Å². The van der Waals surface area contributed by atoms with Gasteiger partial charge in [-0.25, -0.2) is 0 Å². The Balaban J connectivity index is 1.90. The zero-order valence-corrected chi connectivity index (χ0v) is 12.7. The largest absolute Gasteiger partial charge is 0.481 e. The third-order valence-electron chi connectivity index (χ3n) is 3.51. The molecule has 2 N–H and O–H groups in total. The second-order valence-electron chi connectivity index (χ2n) is 5.15. The molecule has 2 rings (SSSR count). The van der Waals surface area contributed by atoms with Gasteiger partial charge in [0.15, 0.2) is 0 Å². The first kappa shape index (κ1) is 16.3. The van der Waals surface area contributed by atoms with Crippen molar-refractivity contribution in [2.24, 2.45) is 5.92 Å². The van der Waals surface area contributed by atoms with Crippen LogP contribution in [-0.2, 0) is 14.4 Å². The van der Waals surface area contributed by atoms with E-state index in [1.165, 1.54) is 4.90 Å². The van der Waals surface area contributed by atoms with Crippen molar-refractivity contribution >= 4 is 35.1 Å². The standard InChI is InChI=1S/C15H17ClN2O4/c16-11-4-1-2-5-12(11)18-9-10(8-13(18)19)15(22)17-7-3-6-14(20)21/h1-2,4-5,10H,3,6-9H2,(H,17,22)(H,20,21)/t10-/m1/s1. The summed E-state index contributed by atoms with van der Waals surface area (Å²) in [7, 11) is 0. The van der Waals surface area contributed by atoms with Crippen molar-refractivity contribution in [3.63, 3.8) is 0 Å². The Morgan fingerprint density at radius 2 is 2.09 bits per heavy atom. The maximum Gasteiger partial charge on any atom is 0.303 e. The van der Waals surface area contributed by atoms with Crippen LogP contribution in [0.5, 0.6) is 0 Å². The Morgan fingerprint density at radius 1 is 1.36 bits per heavy atom. The molecule has 0 aliphatic carbocycles. The molecular formula is C15H17ClN2O4. The number of rotatable bonds is 6. The van der Waals surface area contributed by atoms with Gasteiger partial charge in [0.1, 0.15) is 0 Å². The van der Waals surface area contributed by atoms with E-state index >= 15 is 0 Å². The van der Waals surface area contributed by atoms with Crippen LogP contribution in [0.4, 0.5) is 5.69 Å². The highest BCUT2D eigenvalue weighted by molar-refractivity contribution is 6.33. The van der Waals surface area contributed by atoms with Crippen molar-refractivity contribution in [1.29, 1.82) is 0 Å². The minimum Gasteiger partial charge on any atom is -0.481 e. The molecule has 0 radical (unpaired) electrons. The molecule has 0 unspecified atom stereocenters. The maximum absolute atomic E-state index is 12.1. The van der Waals surface area contributed by atoms with Gasteiger partial charge < -0.3 is 15.3 Å². The van der Waals surface area contributed by atoms with Gasteiger partial charge in [0.05, 0.1) is 16.6 Å². The molecule has 0 saturated carbocycles. The molecule has 2 amide bonds. The first-order valence-corrected chi connectivity index (χ1v) is 7.41. The average Bonchev–Trinajstić information content (AvgIpc) is 2.86. The predicted molar refractivity (Wildman–Crippen MR) is 81.8 cm³/mol. The van der Waals surface area contributed by atoms with Gasteiger partial charge in [0.2, 0.25) is 11.8 Å². The molecule has 22 heavy (non-hydrogen) atoms. The third kappa shape index (κ3) is 3.98. The molecule has 1 aliphatic rings. The molecular weight excluding hydrogens is 308 g/mol. The SMILES string of the molecule is O=C(O)CCCNC(=O)[C@@H]1CC(=O)N(c2ccccc2Cl)C1. The summed E-state index contributed by atoms with van der Waals surface area (Å²) < 4.78 is 0. The molecule has 1 aliphatic heterocycles. The Kier molecular flexibility index (Phi) is 5.38. The Labute approximate surface area is 133 Å². The Morgan fingerprint density at radius 3 is 2.77 bits per heavy atom. The lowest BCUT2D eigenvalue weighted by Crippen LogP contribution is -2.33. The molecule has 118 valence electrons. The lowest BCUT2D eigenvalue weighted by atomic mass is 10.1. The highest BCUT2D eigenvalue weighted by atomic mass is 35.5. The fraction of sp³-hybridized carbons (Fsp3) is 0.400. The van der Waals surface area contributed by atoms with E-state index in [0.717, 1.165) is 0 Å². The predicted octanol–water partition coefficient (Wildman–Crippen LogP) is 1.67. The fourth-order valence-corrected chi connectivity index (χ4v) is 2.62. The van der Waals surface area contributed by atoms with Crippen LogP contribution in [0.15, 0.2) is 24.3 Å². The number of benzene rings is 1.